The van der Waals surface area contributed by atoms with E-state index in [1.807, 2.05) is 25.7 Å². The van der Waals surface area contributed by atoms with E-state index in [0.29, 0.717) is 47.1 Å². The molecule has 1 unspecified atom stereocenters. The lowest BCUT2D eigenvalue weighted by Crippen LogP contribution is -2.53. The number of nitrogens with one attached hydrogen (secondary N) is 2. The van der Waals surface area contributed by atoms with Gasteiger partial charge < -0.3 is 24.8 Å². The van der Waals surface area contributed by atoms with Crippen molar-refractivity contribution in [3.8, 4) is 0 Å². The van der Waals surface area contributed by atoms with Crippen LogP contribution in [0.15, 0.2) is 35.5 Å². The van der Waals surface area contributed by atoms with Crippen molar-refractivity contribution in [2.45, 2.75) is 69.0 Å². The van der Waals surface area contributed by atoms with Gasteiger partial charge in [0.05, 0.1) is 6.20 Å². The number of carbonyl (C=O) groups excluding carboxylic acids is 2. The predicted octanol–water partition coefficient (Wildman–Crippen LogP) is 4.19. The monoisotopic (exact) mass is 492 g/mol. The topological polar surface area (TPSA) is 104 Å². The number of carbonyl (C=O) groups is 2. The first kappa shape index (κ1) is 26.2. The molecule has 2 aliphatic rings. The van der Waals surface area contributed by atoms with Crippen molar-refractivity contribution < 1.29 is 23.3 Å². The lowest BCUT2D eigenvalue weighted by atomic mass is 10.2. The lowest BCUT2D eigenvalue weighted by molar-refractivity contribution is -0.134. The molecular weight excluding hydrogens is 459 g/mol. The van der Waals surface area contributed by atoms with Crippen LogP contribution in [0.3, 0.4) is 0 Å². The summed E-state index contributed by atoms with van der Waals surface area (Å²) in [5.74, 6) is -0.376. The number of benzene rings is 1. The average molecular weight is 493 g/mol. The van der Waals surface area contributed by atoms with Gasteiger partial charge >= 0.3 is 6.09 Å². The number of alkyl carbamates (subject to hydrolysis) is 1. The smallest absolute Gasteiger partial charge is 0.408 e. The van der Waals surface area contributed by atoms with Gasteiger partial charge in [-0.15, -0.1) is 0 Å². The molecule has 2 amide bonds. The maximum Gasteiger partial charge on any atom is 0.408 e. The van der Waals surface area contributed by atoms with E-state index in [4.69, 9.17) is 9.29 Å². The predicted molar refractivity (Wildman–Crippen MR) is 130 cm³/mol. The summed E-state index contributed by atoms with van der Waals surface area (Å²) < 4.78 is 27.4. The molecule has 2 heterocycles. The second kappa shape index (κ2) is 10.9. The highest BCUT2D eigenvalue weighted by Crippen LogP contribution is 2.38. The molecule has 1 aliphatic carbocycles. The van der Waals surface area contributed by atoms with Gasteiger partial charge in [-0.25, -0.2) is 9.18 Å². The summed E-state index contributed by atoms with van der Waals surface area (Å²) in [4.78, 5) is 30.7. The van der Waals surface area contributed by atoms with Crippen LogP contribution in [-0.2, 0) is 9.53 Å². The van der Waals surface area contributed by atoms with Crippen LogP contribution in [0.4, 0.5) is 9.18 Å². The maximum atomic E-state index is 13.2. The quantitative estimate of drug-likeness (QED) is 0.552. The Labute approximate surface area is 203 Å². The number of rotatable bonds is 3. The Morgan fingerprint density at radius 2 is 2.06 bits per heavy atom. The van der Waals surface area contributed by atoms with E-state index in [2.05, 4.69) is 22.5 Å². The number of ether oxygens (including phenoxy) is 1. The number of fused-ring (bicyclic) bond motifs is 1. The number of halogens is 1. The van der Waals surface area contributed by atoms with Crippen LogP contribution >= 0.6 is 12.0 Å². The summed E-state index contributed by atoms with van der Waals surface area (Å²) in [5.41, 5.74) is -1.28. The van der Waals surface area contributed by atoms with Crippen LogP contribution in [0.5, 0.6) is 0 Å². The van der Waals surface area contributed by atoms with Gasteiger partial charge in [-0.05, 0) is 59.6 Å². The molecule has 1 atom stereocenters. The Kier molecular flexibility index (Phi) is 8.38. The molecule has 0 spiro atoms. The van der Waals surface area contributed by atoms with Crippen LogP contribution in [-0.4, -0.2) is 63.3 Å². The van der Waals surface area contributed by atoms with Gasteiger partial charge in [0, 0.05) is 53.0 Å². The molecule has 1 aliphatic heterocycles. The van der Waals surface area contributed by atoms with Crippen LogP contribution in [0.25, 0.3) is 10.8 Å². The van der Waals surface area contributed by atoms with Crippen molar-refractivity contribution in [3.05, 3.63) is 36.4 Å². The van der Waals surface area contributed by atoms with E-state index in [0.717, 1.165) is 25.7 Å². The summed E-state index contributed by atoms with van der Waals surface area (Å²) in [7, 11) is 0. The van der Waals surface area contributed by atoms with Gasteiger partial charge in [0.15, 0.2) is 5.82 Å². The molecule has 1 saturated carbocycles. The van der Waals surface area contributed by atoms with E-state index < -0.39 is 23.1 Å². The fraction of sp³-hybridized carbons (Fsp3) is 0.542. The molecule has 1 aromatic heterocycles. The standard InChI is InChI=1S/C15H27N3O3.C9H6FNOS/c1-11-10-18(9-5-8-16-11)12(19)15(6-7-15)17-13(20)21-14(2,3)4;10-7-5-11-4-6-2-1-3-8(13-12)9(6)7/h11,16H,5-10H2,1-4H3,(H,17,20);1-5,12H. The van der Waals surface area contributed by atoms with Crippen LogP contribution in [0.2, 0.25) is 0 Å². The van der Waals surface area contributed by atoms with Crippen molar-refractivity contribution in [2.24, 2.45) is 0 Å². The van der Waals surface area contributed by atoms with E-state index in [1.54, 1.807) is 24.4 Å². The molecule has 34 heavy (non-hydrogen) atoms. The first-order valence-corrected chi connectivity index (χ1v) is 12.2. The molecule has 2 aromatic rings. The van der Waals surface area contributed by atoms with Crippen molar-refractivity contribution in [1.82, 2.24) is 20.5 Å². The van der Waals surface area contributed by atoms with E-state index in [1.165, 1.54) is 0 Å². The fourth-order valence-corrected chi connectivity index (χ4v) is 4.29. The zero-order valence-electron chi connectivity index (χ0n) is 20.1. The normalized spacial score (nSPS) is 19.5. The maximum absolute atomic E-state index is 13.2. The van der Waals surface area contributed by atoms with Gasteiger partial charge in [0.2, 0.25) is 5.91 Å². The zero-order chi connectivity index (χ0) is 24.9. The molecule has 4 rings (SSSR count). The van der Waals surface area contributed by atoms with Gasteiger partial charge in [0.1, 0.15) is 11.1 Å². The summed E-state index contributed by atoms with van der Waals surface area (Å²) in [6, 6.07) is 5.46. The Hall–Kier alpha value is -2.43. The molecular formula is C24H33FN4O4S. The van der Waals surface area contributed by atoms with Gasteiger partial charge in [-0.1, -0.05) is 12.1 Å². The molecule has 10 heteroatoms. The first-order chi connectivity index (χ1) is 16.0. The zero-order valence-corrected chi connectivity index (χ0v) is 20.9. The number of aromatic nitrogens is 1. The third-order valence-electron chi connectivity index (χ3n) is 5.58. The SMILES string of the molecule is CC1CN(C(=O)C2(NC(=O)OC(C)(C)C)CC2)CCCN1.OSc1cccc2cncc(F)c12. The molecule has 2 fully saturated rings. The van der Waals surface area contributed by atoms with E-state index >= 15 is 0 Å². The second-order valence-corrected chi connectivity index (χ2v) is 10.4. The number of hydrogen-bond acceptors (Lipinski definition) is 7. The average Bonchev–Trinajstić information content (AvgIpc) is 3.57. The van der Waals surface area contributed by atoms with Gasteiger partial charge in [-0.3, -0.25) is 9.78 Å². The fourth-order valence-electron chi connectivity index (χ4n) is 3.84. The first-order valence-electron chi connectivity index (χ1n) is 11.4. The number of pyridine rings is 1. The number of amides is 2. The summed E-state index contributed by atoms with van der Waals surface area (Å²) in [6.07, 6.45) is 4.54. The van der Waals surface area contributed by atoms with Crippen LogP contribution < -0.4 is 10.6 Å². The van der Waals surface area contributed by atoms with Crippen LogP contribution in [0.1, 0.15) is 47.0 Å². The molecule has 0 bridgehead atoms. The van der Waals surface area contributed by atoms with E-state index in [9.17, 15) is 14.0 Å². The minimum absolute atomic E-state index is 0.0314. The lowest BCUT2D eigenvalue weighted by Gasteiger charge is -2.29. The Morgan fingerprint density at radius 3 is 2.71 bits per heavy atom. The molecule has 8 nitrogen and oxygen atoms in total. The van der Waals surface area contributed by atoms with Crippen molar-refractivity contribution in [1.29, 1.82) is 0 Å². The van der Waals surface area contributed by atoms with Crippen molar-refractivity contribution in [3.63, 3.8) is 0 Å². The Morgan fingerprint density at radius 1 is 1.32 bits per heavy atom. The third-order valence-corrected chi connectivity index (χ3v) is 6.11. The molecule has 1 saturated heterocycles. The Bertz CT molecular complexity index is 1020. The highest BCUT2D eigenvalue weighted by Gasteiger charge is 2.53. The highest BCUT2D eigenvalue weighted by atomic mass is 32.2. The van der Waals surface area contributed by atoms with Crippen LogP contribution in [0, 0.1) is 5.82 Å². The second-order valence-electron chi connectivity index (χ2n) is 9.74. The van der Waals surface area contributed by atoms with Gasteiger partial charge in [-0.2, -0.15) is 0 Å². The van der Waals surface area contributed by atoms with Crippen molar-refractivity contribution >= 4 is 34.8 Å². The highest BCUT2D eigenvalue weighted by molar-refractivity contribution is 7.94. The van der Waals surface area contributed by atoms with E-state index in [-0.39, 0.29) is 11.9 Å². The summed E-state index contributed by atoms with van der Waals surface area (Å²) >= 11 is 0.545. The summed E-state index contributed by atoms with van der Waals surface area (Å²) in [5, 5.41) is 7.27. The number of nitrogens with zero attached hydrogens (tertiary/aromatic N) is 2. The number of hydrogen-bond donors (Lipinski definition) is 3. The molecule has 0 radical (unpaired) electrons. The minimum Gasteiger partial charge on any atom is -0.444 e. The molecule has 3 N–H and O–H groups in total. The molecule has 1 aromatic carbocycles. The van der Waals surface area contributed by atoms with Gasteiger partial charge in [0.25, 0.3) is 0 Å². The summed E-state index contributed by atoms with van der Waals surface area (Å²) in [6.45, 7) is 9.89. The van der Waals surface area contributed by atoms with Crippen molar-refractivity contribution in [2.75, 3.05) is 19.6 Å². The third kappa shape index (κ3) is 6.80. The molecule has 186 valence electrons. The Balaban J connectivity index is 0.000000212. The minimum atomic E-state index is -0.730. The largest absolute Gasteiger partial charge is 0.444 e.